The minimum atomic E-state index is -3.61. The van der Waals surface area contributed by atoms with Crippen molar-refractivity contribution in [3.63, 3.8) is 0 Å². The Balaban J connectivity index is 1.66. The van der Waals surface area contributed by atoms with Crippen LogP contribution in [-0.2, 0) is 16.4 Å². The number of rotatable bonds is 4. The van der Waals surface area contributed by atoms with E-state index in [9.17, 15) is 8.42 Å². The van der Waals surface area contributed by atoms with Gasteiger partial charge in [0.25, 0.3) is 0 Å². The Kier molecular flexibility index (Phi) is 5.83. The predicted molar refractivity (Wildman–Crippen MR) is 108 cm³/mol. The summed E-state index contributed by atoms with van der Waals surface area (Å²) < 4.78 is 32.3. The van der Waals surface area contributed by atoms with E-state index in [2.05, 4.69) is 23.5 Å². The maximum absolute atomic E-state index is 12.9. The van der Waals surface area contributed by atoms with Crippen LogP contribution >= 0.6 is 12.2 Å². The van der Waals surface area contributed by atoms with Crippen LogP contribution in [0.1, 0.15) is 23.9 Å². The van der Waals surface area contributed by atoms with Crippen molar-refractivity contribution >= 4 is 33.0 Å². The van der Waals surface area contributed by atoms with E-state index in [1.807, 2.05) is 23.1 Å². The molecule has 1 saturated heterocycles. The minimum absolute atomic E-state index is 0.175. The number of benzene rings is 1. The van der Waals surface area contributed by atoms with Gasteiger partial charge in [0.2, 0.25) is 10.0 Å². The highest BCUT2D eigenvalue weighted by atomic mass is 32.2. The van der Waals surface area contributed by atoms with Gasteiger partial charge in [-0.3, -0.25) is 0 Å². The molecule has 0 atom stereocenters. The molecule has 0 amide bonds. The van der Waals surface area contributed by atoms with E-state index in [0.717, 1.165) is 12.1 Å². The van der Waals surface area contributed by atoms with Crippen molar-refractivity contribution in [2.75, 3.05) is 31.5 Å². The van der Waals surface area contributed by atoms with Gasteiger partial charge in [-0.2, -0.15) is 4.31 Å². The molecule has 0 aliphatic carbocycles. The molecule has 0 radical (unpaired) electrons. The van der Waals surface area contributed by atoms with E-state index in [1.165, 1.54) is 9.87 Å². The minimum Gasteiger partial charge on any atom is -0.360 e. The zero-order valence-electron chi connectivity index (χ0n) is 15.7. The Morgan fingerprint density at radius 1 is 1.22 bits per heavy atom. The zero-order chi connectivity index (χ0) is 19.6. The van der Waals surface area contributed by atoms with Crippen LogP contribution in [0.25, 0.3) is 0 Å². The number of sulfonamides is 1. The van der Waals surface area contributed by atoms with E-state index in [-0.39, 0.29) is 4.90 Å². The van der Waals surface area contributed by atoms with Crippen molar-refractivity contribution in [3.8, 4) is 0 Å². The van der Waals surface area contributed by atoms with Crippen molar-refractivity contribution in [2.24, 2.45) is 0 Å². The molecule has 0 saturated carbocycles. The van der Waals surface area contributed by atoms with Crippen LogP contribution in [-0.4, -0.2) is 54.1 Å². The number of hydrogen-bond acceptors (Lipinski definition) is 5. The molecular weight excluding hydrogens is 384 g/mol. The largest absolute Gasteiger partial charge is 0.360 e. The summed E-state index contributed by atoms with van der Waals surface area (Å²) >= 11 is 5.54. The predicted octanol–water partition coefficient (Wildman–Crippen LogP) is 2.56. The van der Waals surface area contributed by atoms with Crippen LogP contribution in [0, 0.1) is 13.8 Å². The molecular formula is C18H24N4O3S2. The normalized spacial score (nSPS) is 15.7. The first-order chi connectivity index (χ1) is 12.8. The summed E-state index contributed by atoms with van der Waals surface area (Å²) in [7, 11) is -3.61. The number of para-hydroxylation sites is 1. The molecule has 1 aliphatic rings. The molecule has 0 bridgehead atoms. The van der Waals surface area contributed by atoms with Crippen LogP contribution in [0.5, 0.6) is 0 Å². The lowest BCUT2D eigenvalue weighted by Gasteiger charge is -2.35. The highest BCUT2D eigenvalue weighted by molar-refractivity contribution is 7.89. The third kappa shape index (κ3) is 3.99. The van der Waals surface area contributed by atoms with Gasteiger partial charge in [0.15, 0.2) is 10.9 Å². The van der Waals surface area contributed by atoms with Gasteiger partial charge in [0.1, 0.15) is 10.6 Å². The third-order valence-corrected chi connectivity index (χ3v) is 7.24. The molecule has 1 fully saturated rings. The Morgan fingerprint density at radius 3 is 2.48 bits per heavy atom. The number of aryl methyl sites for hydroxylation is 3. The summed E-state index contributed by atoms with van der Waals surface area (Å²) in [6.07, 6.45) is 0.912. The number of nitrogens with zero attached hydrogens (tertiary/aromatic N) is 3. The van der Waals surface area contributed by atoms with Crippen molar-refractivity contribution in [2.45, 2.75) is 32.1 Å². The lowest BCUT2D eigenvalue weighted by molar-refractivity contribution is 0.268. The molecule has 3 rings (SSSR count). The summed E-state index contributed by atoms with van der Waals surface area (Å²) in [4.78, 5) is 2.18. The first kappa shape index (κ1) is 19.8. The lowest BCUT2D eigenvalue weighted by atomic mass is 10.1. The Hall–Kier alpha value is -1.97. The topological polar surface area (TPSA) is 78.7 Å². The molecule has 146 valence electrons. The Labute approximate surface area is 165 Å². The molecule has 0 unspecified atom stereocenters. The molecule has 2 aromatic rings. The quantitative estimate of drug-likeness (QED) is 0.779. The van der Waals surface area contributed by atoms with Gasteiger partial charge in [-0.25, -0.2) is 8.42 Å². The highest BCUT2D eigenvalue weighted by Gasteiger charge is 2.33. The van der Waals surface area contributed by atoms with Crippen LogP contribution in [0.2, 0.25) is 0 Å². The van der Waals surface area contributed by atoms with Gasteiger partial charge in [-0.1, -0.05) is 30.3 Å². The van der Waals surface area contributed by atoms with Crippen LogP contribution < -0.4 is 5.32 Å². The maximum Gasteiger partial charge on any atom is 0.248 e. The Morgan fingerprint density at radius 2 is 1.89 bits per heavy atom. The van der Waals surface area contributed by atoms with Crippen molar-refractivity contribution in [1.82, 2.24) is 14.4 Å². The van der Waals surface area contributed by atoms with Crippen LogP contribution in [0.4, 0.5) is 5.69 Å². The van der Waals surface area contributed by atoms with E-state index < -0.39 is 10.0 Å². The Bertz CT molecular complexity index is 912. The molecule has 1 aromatic carbocycles. The molecule has 0 spiro atoms. The first-order valence-electron chi connectivity index (χ1n) is 8.91. The van der Waals surface area contributed by atoms with Crippen LogP contribution in [0.15, 0.2) is 33.7 Å². The summed E-state index contributed by atoms with van der Waals surface area (Å²) in [5, 5.41) is 7.67. The second-order valence-electron chi connectivity index (χ2n) is 6.49. The molecule has 1 aromatic heterocycles. The third-order valence-electron chi connectivity index (χ3n) is 4.73. The second-order valence-corrected chi connectivity index (χ2v) is 8.75. The fourth-order valence-corrected chi connectivity index (χ4v) is 5.25. The molecule has 2 heterocycles. The van der Waals surface area contributed by atoms with E-state index in [4.69, 9.17) is 16.7 Å². The molecule has 1 aliphatic heterocycles. The average molecular weight is 409 g/mol. The summed E-state index contributed by atoms with van der Waals surface area (Å²) in [6.45, 7) is 7.15. The number of anilines is 1. The van der Waals surface area contributed by atoms with Gasteiger partial charge < -0.3 is 14.7 Å². The number of aromatic nitrogens is 1. The standard InChI is InChI=1S/C18H24N4O3S2/c1-4-15-7-5-6-8-16(15)19-18(26)21-9-11-22(12-10-21)27(23,24)17-13(2)20-25-14(17)3/h5-8H,4,9-12H2,1-3H3,(H,19,26). The number of thiocarbonyl (C=S) groups is 1. The average Bonchev–Trinajstić information content (AvgIpc) is 3.01. The van der Waals surface area contributed by atoms with Gasteiger partial charge in [-0.05, 0) is 44.1 Å². The fraction of sp³-hybridized carbons (Fsp3) is 0.444. The van der Waals surface area contributed by atoms with Gasteiger partial charge in [0, 0.05) is 31.9 Å². The van der Waals surface area contributed by atoms with E-state index >= 15 is 0 Å². The highest BCUT2D eigenvalue weighted by Crippen LogP contribution is 2.24. The van der Waals surface area contributed by atoms with Crippen molar-refractivity contribution in [1.29, 1.82) is 0 Å². The maximum atomic E-state index is 12.9. The molecule has 7 nitrogen and oxygen atoms in total. The van der Waals surface area contributed by atoms with E-state index in [0.29, 0.717) is 42.7 Å². The lowest BCUT2D eigenvalue weighted by Crippen LogP contribution is -2.51. The first-order valence-corrected chi connectivity index (χ1v) is 10.8. The molecule has 27 heavy (non-hydrogen) atoms. The summed E-state index contributed by atoms with van der Waals surface area (Å²) in [5.74, 6) is 0.322. The summed E-state index contributed by atoms with van der Waals surface area (Å²) in [5.41, 5.74) is 2.58. The zero-order valence-corrected chi connectivity index (χ0v) is 17.4. The van der Waals surface area contributed by atoms with Crippen LogP contribution in [0.3, 0.4) is 0 Å². The molecule has 1 N–H and O–H groups in total. The van der Waals surface area contributed by atoms with Gasteiger partial charge >= 0.3 is 0 Å². The smallest absolute Gasteiger partial charge is 0.248 e. The van der Waals surface area contributed by atoms with E-state index in [1.54, 1.807) is 13.8 Å². The number of nitrogens with one attached hydrogen (secondary N) is 1. The monoisotopic (exact) mass is 408 g/mol. The fourth-order valence-electron chi connectivity index (χ4n) is 3.25. The number of piperazine rings is 1. The van der Waals surface area contributed by atoms with Crippen molar-refractivity contribution < 1.29 is 12.9 Å². The van der Waals surface area contributed by atoms with Gasteiger partial charge in [-0.15, -0.1) is 0 Å². The number of hydrogen-bond donors (Lipinski definition) is 1. The van der Waals surface area contributed by atoms with Crippen molar-refractivity contribution in [3.05, 3.63) is 41.3 Å². The summed E-state index contributed by atoms with van der Waals surface area (Å²) in [6, 6.07) is 8.05. The molecule has 9 heteroatoms. The SMILES string of the molecule is CCc1ccccc1NC(=S)N1CCN(S(=O)(=O)c2c(C)noc2C)CC1. The second kappa shape index (κ2) is 7.95. The van der Waals surface area contributed by atoms with Gasteiger partial charge in [0.05, 0.1) is 0 Å².